The molecule has 110 valence electrons. The lowest BCUT2D eigenvalue weighted by atomic mass is 9.81. The molecule has 4 heteroatoms. The molecule has 0 unspecified atom stereocenters. The van der Waals surface area contributed by atoms with Crippen molar-refractivity contribution in [1.82, 2.24) is 0 Å². The molecular formula is C15H28O3Si. The Morgan fingerprint density at radius 1 is 1.47 bits per heavy atom. The molecule has 3 nitrogen and oxygen atoms in total. The average Bonchev–Trinajstić information content (AvgIpc) is 2.96. The maximum Gasteiger partial charge on any atom is 0.192 e. The van der Waals surface area contributed by atoms with Crippen molar-refractivity contribution in [3.05, 3.63) is 12.2 Å². The third-order valence-corrected chi connectivity index (χ3v) is 9.68. The van der Waals surface area contributed by atoms with Crippen molar-refractivity contribution in [3.8, 4) is 0 Å². The van der Waals surface area contributed by atoms with Gasteiger partial charge in [-0.1, -0.05) is 27.4 Å². The fraction of sp³-hybridized carbons (Fsp3) is 0.867. The standard InChI is InChI=1S/C15H28O3Si/c1-11-7-8-12(9-15(11)13(10-16)17-15)18-19(5,6)14(2,3)4/h12-13,16H,1,7-10H2,2-6H3/t12-,13+,15-/m0/s1. The molecule has 0 aromatic heterocycles. The predicted octanol–water partition coefficient (Wildman–Crippen LogP) is 3.25. The first-order chi connectivity index (χ1) is 8.62. The van der Waals surface area contributed by atoms with Gasteiger partial charge in [-0.15, -0.1) is 0 Å². The number of rotatable bonds is 3. The lowest BCUT2D eigenvalue weighted by Gasteiger charge is -2.41. The smallest absolute Gasteiger partial charge is 0.192 e. The maximum atomic E-state index is 9.29. The molecule has 1 saturated heterocycles. The average molecular weight is 284 g/mol. The second kappa shape index (κ2) is 4.69. The van der Waals surface area contributed by atoms with Crippen LogP contribution in [0.4, 0.5) is 0 Å². The zero-order valence-corrected chi connectivity index (χ0v) is 14.0. The van der Waals surface area contributed by atoms with Gasteiger partial charge in [0.05, 0.1) is 6.61 Å². The van der Waals surface area contributed by atoms with Crippen LogP contribution in [0.25, 0.3) is 0 Å². The van der Waals surface area contributed by atoms with Crippen LogP contribution in [-0.2, 0) is 9.16 Å². The van der Waals surface area contributed by atoms with Gasteiger partial charge in [0.15, 0.2) is 8.32 Å². The monoisotopic (exact) mass is 284 g/mol. The second-order valence-electron chi connectivity index (χ2n) is 7.53. The summed E-state index contributed by atoms with van der Waals surface area (Å²) in [4.78, 5) is 0. The Labute approximate surface area is 118 Å². The zero-order valence-electron chi connectivity index (χ0n) is 13.0. The molecule has 1 aliphatic heterocycles. The van der Waals surface area contributed by atoms with Crippen molar-refractivity contribution in [2.45, 2.75) is 76.0 Å². The van der Waals surface area contributed by atoms with Gasteiger partial charge in [-0.3, -0.25) is 0 Å². The number of ether oxygens (including phenoxy) is 1. The summed E-state index contributed by atoms with van der Waals surface area (Å²) in [6, 6.07) is 0. The van der Waals surface area contributed by atoms with Crippen molar-refractivity contribution in [2.24, 2.45) is 0 Å². The van der Waals surface area contributed by atoms with Crippen LogP contribution < -0.4 is 0 Å². The van der Waals surface area contributed by atoms with Crippen molar-refractivity contribution in [3.63, 3.8) is 0 Å². The molecule has 0 aromatic rings. The molecule has 2 rings (SSSR count). The quantitative estimate of drug-likeness (QED) is 0.491. The van der Waals surface area contributed by atoms with Crippen molar-refractivity contribution in [2.75, 3.05) is 6.61 Å². The Balaban J connectivity index is 2.03. The highest BCUT2D eigenvalue weighted by Gasteiger charge is 2.60. The molecule has 2 fully saturated rings. The molecule has 1 spiro atoms. The van der Waals surface area contributed by atoms with E-state index in [9.17, 15) is 5.11 Å². The third kappa shape index (κ3) is 2.68. The first kappa shape index (κ1) is 15.2. The summed E-state index contributed by atoms with van der Waals surface area (Å²) in [5, 5.41) is 9.52. The minimum absolute atomic E-state index is 0.0502. The predicted molar refractivity (Wildman–Crippen MR) is 79.8 cm³/mol. The molecule has 0 radical (unpaired) electrons. The highest BCUT2D eigenvalue weighted by molar-refractivity contribution is 6.74. The Morgan fingerprint density at radius 2 is 2.11 bits per heavy atom. The van der Waals surface area contributed by atoms with Crippen LogP contribution in [0.5, 0.6) is 0 Å². The van der Waals surface area contributed by atoms with Crippen molar-refractivity contribution >= 4 is 8.32 Å². The van der Waals surface area contributed by atoms with Gasteiger partial charge in [0.25, 0.3) is 0 Å². The highest BCUT2D eigenvalue weighted by atomic mass is 28.4. The van der Waals surface area contributed by atoms with E-state index in [0.717, 1.165) is 24.8 Å². The van der Waals surface area contributed by atoms with E-state index in [1.807, 2.05) is 0 Å². The Morgan fingerprint density at radius 3 is 2.58 bits per heavy atom. The second-order valence-corrected chi connectivity index (χ2v) is 12.3. The van der Waals surface area contributed by atoms with Crippen molar-refractivity contribution < 1.29 is 14.3 Å². The lowest BCUT2D eigenvalue weighted by molar-refractivity contribution is 0.114. The molecular weight excluding hydrogens is 256 g/mol. The summed E-state index contributed by atoms with van der Waals surface area (Å²) < 4.78 is 12.2. The third-order valence-electron chi connectivity index (χ3n) is 5.15. The van der Waals surface area contributed by atoms with E-state index in [0.29, 0.717) is 0 Å². The molecule has 0 amide bonds. The summed E-state index contributed by atoms with van der Waals surface area (Å²) in [7, 11) is -1.73. The fourth-order valence-corrected chi connectivity index (χ4v) is 4.11. The van der Waals surface area contributed by atoms with Crippen LogP contribution in [-0.4, -0.2) is 37.8 Å². The largest absolute Gasteiger partial charge is 0.414 e. The lowest BCUT2D eigenvalue weighted by Crippen LogP contribution is -2.46. The fourth-order valence-electron chi connectivity index (χ4n) is 2.72. The highest BCUT2D eigenvalue weighted by Crippen LogP contribution is 2.52. The van der Waals surface area contributed by atoms with E-state index < -0.39 is 8.32 Å². The van der Waals surface area contributed by atoms with Crippen LogP contribution in [0.1, 0.15) is 40.0 Å². The first-order valence-corrected chi connectivity index (χ1v) is 10.2. The minimum Gasteiger partial charge on any atom is -0.414 e. The van der Waals surface area contributed by atoms with Crippen LogP contribution in [0.15, 0.2) is 12.2 Å². The summed E-state index contributed by atoms with van der Waals surface area (Å²) in [6.45, 7) is 15.6. The van der Waals surface area contributed by atoms with Crippen LogP contribution in [0.3, 0.4) is 0 Å². The van der Waals surface area contributed by atoms with Crippen molar-refractivity contribution in [1.29, 1.82) is 0 Å². The maximum absolute atomic E-state index is 9.29. The molecule has 1 aliphatic carbocycles. The normalized spacial score (nSPS) is 35.8. The molecule has 1 N–H and O–H groups in total. The van der Waals surface area contributed by atoms with E-state index in [1.165, 1.54) is 0 Å². The number of hydrogen-bond acceptors (Lipinski definition) is 3. The molecule has 19 heavy (non-hydrogen) atoms. The van der Waals surface area contributed by atoms with Gasteiger partial charge < -0.3 is 14.3 Å². The summed E-state index contributed by atoms with van der Waals surface area (Å²) in [6.07, 6.45) is 3.06. The molecule has 0 aromatic carbocycles. The molecule has 1 heterocycles. The summed E-state index contributed by atoms with van der Waals surface area (Å²) in [5.74, 6) is 0. The van der Waals surface area contributed by atoms with Crippen LogP contribution in [0.2, 0.25) is 18.1 Å². The molecule has 2 aliphatic rings. The van der Waals surface area contributed by atoms with Gasteiger partial charge in [-0.2, -0.15) is 0 Å². The van der Waals surface area contributed by atoms with E-state index >= 15 is 0 Å². The van der Waals surface area contributed by atoms with E-state index in [1.54, 1.807) is 0 Å². The minimum atomic E-state index is -1.73. The summed E-state index contributed by atoms with van der Waals surface area (Å²) >= 11 is 0. The number of aliphatic hydroxyl groups excluding tert-OH is 1. The summed E-state index contributed by atoms with van der Waals surface area (Å²) in [5.41, 5.74) is 0.863. The van der Waals surface area contributed by atoms with Crippen LogP contribution >= 0.6 is 0 Å². The Bertz CT molecular complexity index is 372. The van der Waals surface area contributed by atoms with Gasteiger partial charge in [0.1, 0.15) is 11.7 Å². The van der Waals surface area contributed by atoms with Gasteiger partial charge in [0, 0.05) is 12.5 Å². The van der Waals surface area contributed by atoms with Gasteiger partial charge in [-0.25, -0.2) is 0 Å². The van der Waals surface area contributed by atoms with E-state index in [4.69, 9.17) is 9.16 Å². The Kier molecular flexibility index (Phi) is 3.76. The van der Waals surface area contributed by atoms with E-state index in [-0.39, 0.29) is 29.5 Å². The molecule has 0 bridgehead atoms. The number of epoxide rings is 1. The SMILES string of the molecule is C=C1CC[C@H](O[Si](C)(C)C(C)(C)C)C[C@]12O[C@@H]2CO. The first-order valence-electron chi connectivity index (χ1n) is 7.27. The van der Waals surface area contributed by atoms with Gasteiger partial charge >= 0.3 is 0 Å². The van der Waals surface area contributed by atoms with E-state index in [2.05, 4.69) is 40.4 Å². The topological polar surface area (TPSA) is 42.0 Å². The zero-order chi connectivity index (χ0) is 14.5. The molecule has 3 atom stereocenters. The van der Waals surface area contributed by atoms with Gasteiger partial charge in [0.2, 0.25) is 0 Å². The van der Waals surface area contributed by atoms with Gasteiger partial charge in [-0.05, 0) is 36.5 Å². The number of hydrogen-bond donors (Lipinski definition) is 1. The number of aliphatic hydroxyl groups is 1. The Hall–Kier alpha value is -0.163. The molecule has 1 saturated carbocycles. The van der Waals surface area contributed by atoms with Crippen LogP contribution in [0, 0.1) is 0 Å².